The van der Waals surface area contributed by atoms with Crippen molar-refractivity contribution in [3.63, 3.8) is 0 Å². The van der Waals surface area contributed by atoms with Gasteiger partial charge >= 0.3 is 23.9 Å². The van der Waals surface area contributed by atoms with Crippen LogP contribution in [0, 0.1) is 5.92 Å². The van der Waals surface area contributed by atoms with Crippen LogP contribution in [0.25, 0.3) is 0 Å². The quantitative estimate of drug-likeness (QED) is 0.0274. The normalized spacial score (nSPS) is 30.5. The van der Waals surface area contributed by atoms with Gasteiger partial charge in [0.2, 0.25) is 5.91 Å². The van der Waals surface area contributed by atoms with E-state index in [2.05, 4.69) is 12.2 Å². The Morgan fingerprint density at radius 3 is 1.93 bits per heavy atom. The number of aliphatic hydroxyl groups excluding tert-OH is 1. The highest BCUT2D eigenvalue weighted by atomic mass is 16.7. The number of hydrogen-bond acceptors (Lipinski definition) is 14. The molecular weight excluding hydrogens is 776 g/mol. The van der Waals surface area contributed by atoms with Gasteiger partial charge in [0.1, 0.15) is 23.4 Å². The lowest BCUT2D eigenvalue weighted by molar-refractivity contribution is -0.228. The Hall–Kier alpha value is -3.37. The monoisotopic (exact) mass is 851 g/mol. The van der Waals surface area contributed by atoms with Gasteiger partial charge in [-0.2, -0.15) is 0 Å². The summed E-state index contributed by atoms with van der Waals surface area (Å²) in [5.41, 5.74) is -0.252. The molecule has 3 aliphatic rings. The number of amides is 1. The van der Waals surface area contributed by atoms with Gasteiger partial charge in [-0.1, -0.05) is 83.6 Å². The van der Waals surface area contributed by atoms with Gasteiger partial charge in [0.05, 0.1) is 12.0 Å². The summed E-state index contributed by atoms with van der Waals surface area (Å²) in [5.74, 6) is -3.91. The maximum Gasteiger partial charge on any atom is 0.334 e. The third-order valence-corrected chi connectivity index (χ3v) is 12.5. The number of carbonyl (C=O) groups is 5. The third-order valence-electron chi connectivity index (χ3n) is 12.5. The van der Waals surface area contributed by atoms with Crippen molar-refractivity contribution in [1.82, 2.24) is 5.32 Å². The van der Waals surface area contributed by atoms with Gasteiger partial charge in [-0.05, 0) is 72.0 Å². The standard InChI is InChI=1S/C45H74N2O13/c1-9-11-12-18-21-25-34(50)57-38-36-35(29(4)37(38)58-41(52)28(3)10-2)39-45(55,44(8,54)42(53)59-39)32(27-43(36,7)60-31(6)48)56-33(49)24-22-19-16-14-13-15-17-20-23-26-47-40(51)30(5)46/h10,30,32,36-39,42,53-55H,9,11-27,46H2,1-8H3,(H,47,51)/b28-10-/t30-,32-,36+,37-,38-,39-,42-,43-,44+,45+/m0/s1. The maximum absolute atomic E-state index is 13.6. The first-order valence-corrected chi connectivity index (χ1v) is 22.2. The predicted octanol–water partition coefficient (Wildman–Crippen LogP) is 5.28. The minimum absolute atomic E-state index is 0.00614. The van der Waals surface area contributed by atoms with Crippen LogP contribution in [0.3, 0.4) is 0 Å². The van der Waals surface area contributed by atoms with E-state index in [1.165, 1.54) is 13.8 Å². The molecule has 0 unspecified atom stereocenters. The molecule has 15 nitrogen and oxygen atoms in total. The Morgan fingerprint density at radius 1 is 0.867 bits per heavy atom. The molecule has 0 aromatic carbocycles. The molecule has 1 amide bonds. The van der Waals surface area contributed by atoms with Gasteiger partial charge < -0.3 is 50.1 Å². The molecule has 0 radical (unpaired) electrons. The first-order chi connectivity index (χ1) is 28.3. The second-order valence-corrected chi connectivity index (χ2v) is 17.5. The molecule has 60 heavy (non-hydrogen) atoms. The topological polar surface area (TPSA) is 230 Å². The number of hydrogen-bond donors (Lipinski definition) is 5. The number of rotatable bonds is 24. The largest absolute Gasteiger partial charge is 0.459 e. The van der Waals surface area contributed by atoms with Crippen LogP contribution in [0.1, 0.15) is 165 Å². The lowest BCUT2D eigenvalue weighted by Gasteiger charge is -2.43. The lowest BCUT2D eigenvalue weighted by Crippen LogP contribution is -2.65. The number of ether oxygens (including phenoxy) is 5. The van der Waals surface area contributed by atoms with Crippen molar-refractivity contribution < 1.29 is 63.0 Å². The maximum atomic E-state index is 13.6. The number of nitrogens with two attached hydrogens (primary N) is 1. The van der Waals surface area contributed by atoms with Crippen molar-refractivity contribution in [2.75, 3.05) is 6.54 Å². The summed E-state index contributed by atoms with van der Waals surface area (Å²) >= 11 is 0. The molecule has 0 aromatic heterocycles. The lowest BCUT2D eigenvalue weighted by atomic mass is 9.75. The molecule has 0 spiro atoms. The number of nitrogens with one attached hydrogen (secondary N) is 1. The number of aliphatic hydroxyl groups is 3. The number of unbranched alkanes of at least 4 members (excludes halogenated alkanes) is 12. The molecule has 10 atom stereocenters. The Morgan fingerprint density at radius 2 is 1.40 bits per heavy atom. The molecule has 1 aliphatic heterocycles. The van der Waals surface area contributed by atoms with E-state index in [1.54, 1.807) is 40.7 Å². The van der Waals surface area contributed by atoms with Crippen molar-refractivity contribution >= 4 is 29.8 Å². The zero-order valence-corrected chi connectivity index (χ0v) is 37.3. The fourth-order valence-corrected chi connectivity index (χ4v) is 8.82. The SMILES string of the molecule is C/C=C(/C)C(=O)O[C@H]1C(C)=C2[C@H]([C@@H]1OC(=O)CCCCCCC)[C@@](C)(OC(C)=O)C[C@H](OC(=O)CCCCCCCCCCCNC(=O)[C@H](C)N)[C@@]1(O)[C@H]2O[C@H](O)[C@@]1(C)O. The summed E-state index contributed by atoms with van der Waals surface area (Å²) in [6.45, 7) is 13.2. The van der Waals surface area contributed by atoms with Gasteiger partial charge in [-0.3, -0.25) is 19.2 Å². The minimum atomic E-state index is -2.50. The van der Waals surface area contributed by atoms with Crippen molar-refractivity contribution in [3.8, 4) is 0 Å². The van der Waals surface area contributed by atoms with Crippen molar-refractivity contribution in [2.45, 2.75) is 218 Å². The van der Waals surface area contributed by atoms with Gasteiger partial charge in [0.15, 0.2) is 24.1 Å². The van der Waals surface area contributed by atoms with Crippen LogP contribution in [0.15, 0.2) is 22.8 Å². The first kappa shape index (κ1) is 51.0. The molecular formula is C45H74N2O13. The van der Waals surface area contributed by atoms with Crippen LogP contribution in [0.5, 0.6) is 0 Å². The molecule has 1 heterocycles. The third kappa shape index (κ3) is 12.6. The number of allylic oxidation sites excluding steroid dienone is 1. The van der Waals surface area contributed by atoms with E-state index in [-0.39, 0.29) is 29.9 Å². The number of fused-ring (bicyclic) bond motifs is 3. The van der Waals surface area contributed by atoms with Crippen LogP contribution in [0.2, 0.25) is 0 Å². The average molecular weight is 851 g/mol. The van der Waals surface area contributed by atoms with Crippen molar-refractivity contribution in [3.05, 3.63) is 22.8 Å². The molecule has 3 rings (SSSR count). The molecule has 2 aliphatic carbocycles. The second-order valence-electron chi connectivity index (χ2n) is 17.5. The molecule has 0 aromatic rings. The number of carbonyl (C=O) groups excluding carboxylic acids is 5. The van der Waals surface area contributed by atoms with Crippen LogP contribution < -0.4 is 11.1 Å². The van der Waals surface area contributed by atoms with E-state index >= 15 is 0 Å². The summed E-state index contributed by atoms with van der Waals surface area (Å²) in [5, 5.41) is 38.5. The van der Waals surface area contributed by atoms with E-state index < -0.39 is 89.8 Å². The smallest absolute Gasteiger partial charge is 0.334 e. The van der Waals surface area contributed by atoms with E-state index in [0.717, 1.165) is 77.0 Å². The van der Waals surface area contributed by atoms with Gasteiger partial charge in [0.25, 0.3) is 0 Å². The Labute approximate surface area is 356 Å². The second kappa shape index (κ2) is 23.2. The van der Waals surface area contributed by atoms with E-state index in [9.17, 15) is 39.3 Å². The zero-order valence-electron chi connectivity index (χ0n) is 37.3. The van der Waals surface area contributed by atoms with E-state index in [4.69, 9.17) is 29.4 Å². The van der Waals surface area contributed by atoms with Crippen molar-refractivity contribution in [2.24, 2.45) is 11.7 Å². The van der Waals surface area contributed by atoms with Crippen LogP contribution >= 0.6 is 0 Å². The van der Waals surface area contributed by atoms with E-state index in [1.807, 2.05) is 0 Å². The van der Waals surface area contributed by atoms with Crippen molar-refractivity contribution in [1.29, 1.82) is 0 Å². The Kier molecular flexibility index (Phi) is 19.7. The summed E-state index contributed by atoms with van der Waals surface area (Å²) in [7, 11) is 0. The Bertz CT molecular complexity index is 1540. The predicted molar refractivity (Wildman–Crippen MR) is 223 cm³/mol. The first-order valence-electron chi connectivity index (χ1n) is 22.2. The van der Waals surface area contributed by atoms with Gasteiger partial charge in [-0.15, -0.1) is 0 Å². The molecule has 1 saturated heterocycles. The zero-order chi connectivity index (χ0) is 44.8. The summed E-state index contributed by atoms with van der Waals surface area (Å²) in [6, 6.07) is -0.511. The van der Waals surface area contributed by atoms with Gasteiger partial charge in [-0.25, -0.2) is 4.79 Å². The van der Waals surface area contributed by atoms with Crippen LogP contribution in [-0.4, -0.2) is 105 Å². The highest BCUT2D eigenvalue weighted by Gasteiger charge is 2.75. The minimum Gasteiger partial charge on any atom is -0.459 e. The highest BCUT2D eigenvalue weighted by molar-refractivity contribution is 5.88. The molecule has 0 bridgehead atoms. The molecule has 15 heteroatoms. The molecule has 1 saturated carbocycles. The molecule has 2 fully saturated rings. The van der Waals surface area contributed by atoms with Crippen LogP contribution in [0.4, 0.5) is 0 Å². The fraction of sp³-hybridized carbons (Fsp3) is 0.800. The fourth-order valence-electron chi connectivity index (χ4n) is 8.82. The Balaban J connectivity index is 1.83. The average Bonchev–Trinajstić information content (AvgIpc) is 3.51. The van der Waals surface area contributed by atoms with E-state index in [0.29, 0.717) is 25.0 Å². The molecule has 6 N–H and O–H groups in total. The highest BCUT2D eigenvalue weighted by Crippen LogP contribution is 2.58. The molecule has 342 valence electrons. The number of esters is 4. The summed E-state index contributed by atoms with van der Waals surface area (Å²) in [4.78, 5) is 64.9. The summed E-state index contributed by atoms with van der Waals surface area (Å²) < 4.78 is 30.2. The summed E-state index contributed by atoms with van der Waals surface area (Å²) in [6.07, 6.45) is 6.28. The van der Waals surface area contributed by atoms with Crippen LogP contribution in [-0.2, 0) is 47.7 Å². The van der Waals surface area contributed by atoms with Gasteiger partial charge in [0, 0.05) is 38.3 Å².